The van der Waals surface area contributed by atoms with Crippen molar-refractivity contribution in [1.29, 1.82) is 0 Å². The molecule has 0 heterocycles. The summed E-state index contributed by atoms with van der Waals surface area (Å²) < 4.78 is 0. The number of para-hydroxylation sites is 1. The number of carbonyl (C=O) groups is 2. The average Bonchev–Trinajstić information content (AvgIpc) is 2.36. The molecule has 1 aromatic rings. The van der Waals surface area contributed by atoms with Crippen molar-refractivity contribution < 1.29 is 14.7 Å². The van der Waals surface area contributed by atoms with Crippen LogP contribution in [0.2, 0.25) is 0 Å². The lowest BCUT2D eigenvalue weighted by molar-refractivity contribution is -0.118. The van der Waals surface area contributed by atoms with Gasteiger partial charge in [-0.05, 0) is 25.0 Å². The summed E-state index contributed by atoms with van der Waals surface area (Å²) in [5, 5.41) is 9.91. The summed E-state index contributed by atoms with van der Waals surface area (Å²) >= 11 is 0. The number of benzene rings is 1. The first-order valence-corrected chi connectivity index (χ1v) is 6.33. The fraction of sp³-hybridized carbons (Fsp3) is 0.429. The van der Waals surface area contributed by atoms with Crippen molar-refractivity contribution in [3.8, 4) is 5.75 Å². The van der Waals surface area contributed by atoms with Gasteiger partial charge in [0.15, 0.2) is 0 Å². The number of carbonyl (C=O) groups excluding carboxylic acids is 2. The first-order valence-electron chi connectivity index (χ1n) is 6.33. The summed E-state index contributed by atoms with van der Waals surface area (Å²) in [7, 11) is 0. The lowest BCUT2D eigenvalue weighted by Gasteiger charge is -2.21. The van der Waals surface area contributed by atoms with Crippen LogP contribution >= 0.6 is 0 Å². The van der Waals surface area contributed by atoms with Crippen LogP contribution in [0.3, 0.4) is 0 Å². The van der Waals surface area contributed by atoms with Gasteiger partial charge in [0.25, 0.3) is 5.91 Å². The smallest absolute Gasteiger partial charge is 0.258 e. The van der Waals surface area contributed by atoms with Gasteiger partial charge in [0, 0.05) is 6.54 Å². The van der Waals surface area contributed by atoms with Crippen LogP contribution in [0.15, 0.2) is 18.2 Å². The Labute approximate surface area is 113 Å². The molecule has 0 aliphatic carbocycles. The van der Waals surface area contributed by atoms with Crippen molar-refractivity contribution in [2.45, 2.75) is 26.7 Å². The van der Waals surface area contributed by atoms with Gasteiger partial charge in [-0.2, -0.15) is 0 Å². The van der Waals surface area contributed by atoms with Crippen LogP contribution in [0, 0.1) is 6.92 Å². The van der Waals surface area contributed by atoms with E-state index in [0.29, 0.717) is 12.1 Å². The summed E-state index contributed by atoms with van der Waals surface area (Å²) in [4.78, 5) is 24.7. The summed E-state index contributed by atoms with van der Waals surface area (Å²) in [5.41, 5.74) is 5.98. The highest BCUT2D eigenvalue weighted by Crippen LogP contribution is 2.23. The van der Waals surface area contributed by atoms with Crippen LogP contribution in [-0.2, 0) is 4.79 Å². The number of phenols is 1. The Morgan fingerprint density at radius 1 is 1.37 bits per heavy atom. The van der Waals surface area contributed by atoms with E-state index in [2.05, 4.69) is 0 Å². The van der Waals surface area contributed by atoms with E-state index in [0.717, 1.165) is 12.8 Å². The number of nitrogens with zero attached hydrogens (tertiary/aromatic N) is 1. The Morgan fingerprint density at radius 2 is 2.05 bits per heavy atom. The molecule has 5 heteroatoms. The summed E-state index contributed by atoms with van der Waals surface area (Å²) in [6, 6.07) is 4.96. The second-order valence-electron chi connectivity index (χ2n) is 4.52. The van der Waals surface area contributed by atoms with Crippen LogP contribution in [0.25, 0.3) is 0 Å². The molecule has 0 spiro atoms. The maximum absolute atomic E-state index is 12.3. The molecule has 104 valence electrons. The average molecular weight is 264 g/mol. The van der Waals surface area contributed by atoms with Gasteiger partial charge >= 0.3 is 0 Å². The number of phenolic OH excluding ortho intramolecular Hbond substituents is 1. The Bertz CT molecular complexity index is 472. The lowest BCUT2D eigenvalue weighted by atomic mass is 10.1. The number of nitrogens with two attached hydrogens (primary N) is 1. The summed E-state index contributed by atoms with van der Waals surface area (Å²) in [5.74, 6) is -0.969. The van der Waals surface area contributed by atoms with E-state index in [1.165, 1.54) is 4.90 Å². The van der Waals surface area contributed by atoms with Crippen molar-refractivity contribution in [3.05, 3.63) is 29.3 Å². The zero-order valence-electron chi connectivity index (χ0n) is 11.3. The van der Waals surface area contributed by atoms with E-state index in [9.17, 15) is 14.7 Å². The number of rotatable bonds is 6. The Morgan fingerprint density at radius 3 is 2.63 bits per heavy atom. The normalized spacial score (nSPS) is 10.2. The number of primary amides is 1. The van der Waals surface area contributed by atoms with E-state index in [1.807, 2.05) is 6.92 Å². The molecule has 0 saturated carbocycles. The number of aromatic hydroxyl groups is 1. The molecule has 0 unspecified atom stereocenters. The largest absolute Gasteiger partial charge is 0.507 e. The molecule has 0 fully saturated rings. The third-order valence-corrected chi connectivity index (χ3v) is 2.88. The van der Waals surface area contributed by atoms with Gasteiger partial charge in [-0.25, -0.2) is 0 Å². The number of aryl methyl sites for hydroxylation is 1. The first kappa shape index (κ1) is 15.0. The Balaban J connectivity index is 2.97. The van der Waals surface area contributed by atoms with Crippen LogP contribution in [0.4, 0.5) is 0 Å². The van der Waals surface area contributed by atoms with Gasteiger partial charge in [-0.15, -0.1) is 0 Å². The van der Waals surface area contributed by atoms with E-state index >= 15 is 0 Å². The molecule has 0 aliphatic heterocycles. The van der Waals surface area contributed by atoms with Crippen molar-refractivity contribution in [1.82, 2.24) is 4.90 Å². The molecule has 0 aliphatic rings. The van der Waals surface area contributed by atoms with Gasteiger partial charge < -0.3 is 15.7 Å². The van der Waals surface area contributed by atoms with Crippen molar-refractivity contribution in [3.63, 3.8) is 0 Å². The summed E-state index contributed by atoms with van der Waals surface area (Å²) in [6.45, 7) is 4.03. The molecule has 1 aromatic carbocycles. The fourth-order valence-corrected chi connectivity index (χ4v) is 1.79. The van der Waals surface area contributed by atoms with Gasteiger partial charge in [0.2, 0.25) is 5.91 Å². The maximum atomic E-state index is 12.3. The number of unbranched alkanes of at least 4 members (excludes halogenated alkanes) is 1. The van der Waals surface area contributed by atoms with Crippen LogP contribution in [0.1, 0.15) is 35.7 Å². The fourth-order valence-electron chi connectivity index (χ4n) is 1.79. The Kier molecular flexibility index (Phi) is 5.36. The predicted octanol–water partition coefficient (Wildman–Crippen LogP) is 1.43. The minimum absolute atomic E-state index is 0.0431. The van der Waals surface area contributed by atoms with Gasteiger partial charge in [0.1, 0.15) is 5.75 Å². The molecular formula is C14H20N2O3. The predicted molar refractivity (Wildman–Crippen MR) is 72.8 cm³/mol. The third-order valence-electron chi connectivity index (χ3n) is 2.88. The molecule has 0 bridgehead atoms. The zero-order valence-corrected chi connectivity index (χ0v) is 11.3. The highest BCUT2D eigenvalue weighted by molar-refractivity contribution is 5.98. The minimum atomic E-state index is -0.559. The van der Waals surface area contributed by atoms with Crippen molar-refractivity contribution in [2.75, 3.05) is 13.1 Å². The first-order chi connectivity index (χ1) is 8.97. The topological polar surface area (TPSA) is 83.6 Å². The molecule has 0 atom stereocenters. The third kappa shape index (κ3) is 3.98. The van der Waals surface area contributed by atoms with Crippen molar-refractivity contribution >= 4 is 11.8 Å². The Hall–Kier alpha value is -2.04. The lowest BCUT2D eigenvalue weighted by Crippen LogP contribution is -2.39. The maximum Gasteiger partial charge on any atom is 0.258 e. The summed E-state index contributed by atoms with van der Waals surface area (Å²) in [6.07, 6.45) is 1.69. The number of amides is 2. The molecule has 19 heavy (non-hydrogen) atoms. The van der Waals surface area contributed by atoms with Gasteiger partial charge in [-0.3, -0.25) is 9.59 Å². The quantitative estimate of drug-likeness (QED) is 0.815. The monoisotopic (exact) mass is 264 g/mol. The van der Waals surface area contributed by atoms with Crippen LogP contribution in [-0.4, -0.2) is 34.9 Å². The molecule has 0 radical (unpaired) electrons. The SMILES string of the molecule is CCCCN(CC(N)=O)C(=O)c1cccc(C)c1O. The second kappa shape index (κ2) is 6.78. The van der Waals surface area contributed by atoms with Crippen LogP contribution in [0.5, 0.6) is 5.75 Å². The zero-order chi connectivity index (χ0) is 14.4. The van der Waals surface area contributed by atoms with E-state index in [1.54, 1.807) is 25.1 Å². The highest BCUT2D eigenvalue weighted by atomic mass is 16.3. The highest BCUT2D eigenvalue weighted by Gasteiger charge is 2.20. The van der Waals surface area contributed by atoms with Crippen molar-refractivity contribution in [2.24, 2.45) is 5.73 Å². The number of hydrogen-bond donors (Lipinski definition) is 2. The van der Waals surface area contributed by atoms with E-state index in [4.69, 9.17) is 5.73 Å². The van der Waals surface area contributed by atoms with Gasteiger partial charge in [-0.1, -0.05) is 25.5 Å². The van der Waals surface area contributed by atoms with Crippen LogP contribution < -0.4 is 5.73 Å². The van der Waals surface area contributed by atoms with E-state index < -0.39 is 5.91 Å². The molecule has 3 N–H and O–H groups in total. The van der Waals surface area contributed by atoms with Gasteiger partial charge in [0.05, 0.1) is 12.1 Å². The molecule has 1 rings (SSSR count). The molecular weight excluding hydrogens is 244 g/mol. The molecule has 0 saturated heterocycles. The molecule has 2 amide bonds. The minimum Gasteiger partial charge on any atom is -0.507 e. The second-order valence-corrected chi connectivity index (χ2v) is 4.52. The molecule has 0 aromatic heterocycles. The van der Waals surface area contributed by atoms with E-state index in [-0.39, 0.29) is 23.8 Å². The molecule has 5 nitrogen and oxygen atoms in total. The number of hydrogen-bond acceptors (Lipinski definition) is 3. The standard InChI is InChI=1S/C14H20N2O3/c1-3-4-8-16(9-12(15)17)14(19)11-7-5-6-10(2)13(11)18/h5-7,18H,3-4,8-9H2,1-2H3,(H2,15,17).